The molecule has 2 unspecified atom stereocenters. The van der Waals surface area contributed by atoms with Crippen LogP contribution in [0.2, 0.25) is 0 Å². The van der Waals surface area contributed by atoms with Gasteiger partial charge in [-0.05, 0) is 22.3 Å². The number of ketones is 1. The first-order chi connectivity index (χ1) is 16.4. The Hall–Kier alpha value is -4.26. The number of hydrogen-bond donors (Lipinski definition) is 2. The molecule has 0 radical (unpaired) electrons. The van der Waals surface area contributed by atoms with Gasteiger partial charge in [-0.25, -0.2) is 0 Å². The normalized spacial score (nSPS) is 17.9. The summed E-state index contributed by atoms with van der Waals surface area (Å²) in [6.45, 7) is -0.442. The van der Waals surface area contributed by atoms with Crippen LogP contribution in [0, 0.1) is 5.92 Å². The quantitative estimate of drug-likeness (QED) is 0.532. The molecule has 1 aliphatic heterocycles. The van der Waals surface area contributed by atoms with Crippen LogP contribution in [-0.4, -0.2) is 40.1 Å². The number of rotatable bonds is 7. The predicted molar refractivity (Wildman–Crippen MR) is 125 cm³/mol. The summed E-state index contributed by atoms with van der Waals surface area (Å²) in [5, 5.41) is 11.0. The number of nitrogens with zero attached hydrogens (tertiary/aromatic N) is 1. The van der Waals surface area contributed by atoms with Crippen molar-refractivity contribution in [2.45, 2.75) is 19.0 Å². The van der Waals surface area contributed by atoms with Crippen molar-refractivity contribution in [1.82, 2.24) is 10.2 Å². The second kappa shape index (κ2) is 10.1. The average molecular weight is 456 g/mol. The summed E-state index contributed by atoms with van der Waals surface area (Å²) in [4.78, 5) is 51.1. The summed E-state index contributed by atoms with van der Waals surface area (Å²) in [7, 11) is 0. The number of carboxylic acids is 1. The van der Waals surface area contributed by atoms with Crippen LogP contribution in [-0.2, 0) is 25.7 Å². The van der Waals surface area contributed by atoms with Crippen molar-refractivity contribution in [2.24, 2.45) is 5.92 Å². The third-order valence-electron chi connectivity index (χ3n) is 5.90. The zero-order valence-electron chi connectivity index (χ0n) is 18.4. The number of Topliss-reactive ketones (excluding diaryl/α,β-unsaturated/α-hetero) is 1. The molecule has 1 saturated heterocycles. The van der Waals surface area contributed by atoms with Crippen molar-refractivity contribution in [1.29, 1.82) is 0 Å². The van der Waals surface area contributed by atoms with Gasteiger partial charge in [-0.15, -0.1) is 0 Å². The molecule has 1 heterocycles. The van der Waals surface area contributed by atoms with Gasteiger partial charge < -0.3 is 15.3 Å². The summed E-state index contributed by atoms with van der Waals surface area (Å²) >= 11 is 0. The number of carbonyl (C=O) groups is 4. The number of nitrogens with one attached hydrogen (secondary N) is 1. The van der Waals surface area contributed by atoms with Gasteiger partial charge >= 0.3 is 5.97 Å². The zero-order chi connectivity index (χ0) is 24.1. The molecule has 1 fully saturated rings. The van der Waals surface area contributed by atoms with Crippen molar-refractivity contribution < 1.29 is 24.3 Å². The molecule has 0 bridgehead atoms. The van der Waals surface area contributed by atoms with Gasteiger partial charge in [0.25, 0.3) is 0 Å². The number of likely N-dealkylation sites (tertiary alicyclic amines) is 1. The smallest absolute Gasteiger partial charge is 0.322 e. The molecular weight excluding hydrogens is 432 g/mol. The van der Waals surface area contributed by atoms with E-state index in [-0.39, 0.29) is 13.0 Å². The first-order valence-electron chi connectivity index (χ1n) is 11.0. The largest absolute Gasteiger partial charge is 0.480 e. The molecule has 0 aliphatic carbocycles. The van der Waals surface area contributed by atoms with Crippen LogP contribution in [0.15, 0.2) is 84.9 Å². The first-order valence-corrected chi connectivity index (χ1v) is 11.0. The fourth-order valence-electron chi connectivity index (χ4n) is 4.19. The van der Waals surface area contributed by atoms with E-state index in [1.807, 2.05) is 84.9 Å². The summed E-state index contributed by atoms with van der Waals surface area (Å²) in [6, 6.07) is 26.4. The summed E-state index contributed by atoms with van der Waals surface area (Å²) in [5.41, 5.74) is 3.77. The lowest BCUT2D eigenvalue weighted by atomic mass is 9.86. The first kappa shape index (κ1) is 22.9. The number of carboxylic acid groups (broad SMARTS) is 1. The van der Waals surface area contributed by atoms with E-state index in [1.165, 1.54) is 0 Å². The Morgan fingerprint density at radius 3 is 2.06 bits per heavy atom. The summed E-state index contributed by atoms with van der Waals surface area (Å²) in [5.74, 6) is -4.82. The number of amides is 2. The van der Waals surface area contributed by atoms with Crippen LogP contribution < -0.4 is 5.32 Å². The van der Waals surface area contributed by atoms with E-state index >= 15 is 0 Å². The van der Waals surface area contributed by atoms with Gasteiger partial charge in [0, 0.05) is 13.0 Å². The summed E-state index contributed by atoms with van der Waals surface area (Å²) < 4.78 is 0. The molecule has 1 aliphatic rings. The predicted octanol–water partition coefficient (Wildman–Crippen LogP) is 3.21. The molecule has 3 aromatic carbocycles. The number of hydrogen-bond acceptors (Lipinski definition) is 4. The molecule has 3 aromatic rings. The fourth-order valence-corrected chi connectivity index (χ4v) is 4.19. The molecule has 7 nitrogen and oxygen atoms in total. The maximum absolute atomic E-state index is 13.4. The Kier molecular flexibility index (Phi) is 6.82. The van der Waals surface area contributed by atoms with Crippen molar-refractivity contribution in [3.63, 3.8) is 0 Å². The third-order valence-corrected chi connectivity index (χ3v) is 5.90. The number of carbonyl (C=O) groups excluding carboxylic acids is 3. The molecule has 2 amide bonds. The second-order valence-corrected chi connectivity index (χ2v) is 8.17. The molecule has 172 valence electrons. The van der Waals surface area contributed by atoms with E-state index < -0.39 is 42.1 Å². The van der Waals surface area contributed by atoms with Crippen molar-refractivity contribution in [3.8, 4) is 11.1 Å². The minimum absolute atomic E-state index is 0.0248. The van der Waals surface area contributed by atoms with E-state index in [2.05, 4.69) is 5.32 Å². The van der Waals surface area contributed by atoms with Gasteiger partial charge in [0.15, 0.2) is 11.7 Å². The third kappa shape index (κ3) is 5.04. The number of piperidine rings is 1. The van der Waals surface area contributed by atoms with Gasteiger partial charge in [-0.3, -0.25) is 19.2 Å². The fraction of sp³-hybridized carbons (Fsp3) is 0.185. The lowest BCUT2D eigenvalue weighted by molar-refractivity contribution is -0.155. The Balaban J connectivity index is 1.61. The maximum Gasteiger partial charge on any atom is 0.322 e. The van der Waals surface area contributed by atoms with E-state index in [0.717, 1.165) is 22.3 Å². The van der Waals surface area contributed by atoms with Crippen molar-refractivity contribution in [2.75, 3.05) is 6.54 Å². The number of benzene rings is 3. The van der Waals surface area contributed by atoms with Gasteiger partial charge in [-0.2, -0.15) is 0 Å². The highest BCUT2D eigenvalue weighted by Crippen LogP contribution is 2.34. The Morgan fingerprint density at radius 1 is 0.853 bits per heavy atom. The van der Waals surface area contributed by atoms with Crippen molar-refractivity contribution >= 4 is 23.6 Å². The molecule has 0 aromatic heterocycles. The SMILES string of the molecule is O=C(O)CNC(=O)C1C(=O)CC(c2ccccc2)N(Cc2ccc(-c3ccccc3)cc2)C1=O. The lowest BCUT2D eigenvalue weighted by Crippen LogP contribution is -2.53. The molecule has 0 saturated carbocycles. The standard InChI is InChI=1S/C27H24N2O5/c30-23-15-22(21-9-5-2-6-10-21)29(27(34)25(23)26(33)28-16-24(31)32)17-18-11-13-20(14-12-18)19-7-3-1-4-8-19/h1-14,22,25H,15-17H2,(H,28,33)(H,31,32). The topological polar surface area (TPSA) is 104 Å². The Morgan fingerprint density at radius 2 is 1.44 bits per heavy atom. The number of aliphatic carboxylic acids is 1. The zero-order valence-corrected chi connectivity index (χ0v) is 18.4. The van der Waals surface area contributed by atoms with Crippen LogP contribution in [0.3, 0.4) is 0 Å². The minimum Gasteiger partial charge on any atom is -0.480 e. The van der Waals surface area contributed by atoms with Gasteiger partial charge in [-0.1, -0.05) is 84.9 Å². The van der Waals surface area contributed by atoms with Gasteiger partial charge in [0.2, 0.25) is 11.8 Å². The molecule has 2 N–H and O–H groups in total. The minimum atomic E-state index is -1.55. The Bertz CT molecular complexity index is 1190. The van der Waals surface area contributed by atoms with Crippen LogP contribution in [0.1, 0.15) is 23.6 Å². The van der Waals surface area contributed by atoms with Crippen LogP contribution >= 0.6 is 0 Å². The highest BCUT2D eigenvalue weighted by atomic mass is 16.4. The molecule has 34 heavy (non-hydrogen) atoms. The summed E-state index contributed by atoms with van der Waals surface area (Å²) in [6.07, 6.45) is -0.0248. The van der Waals surface area contributed by atoms with E-state index in [1.54, 1.807) is 4.90 Å². The van der Waals surface area contributed by atoms with E-state index in [0.29, 0.717) is 0 Å². The van der Waals surface area contributed by atoms with E-state index in [9.17, 15) is 19.2 Å². The van der Waals surface area contributed by atoms with Crippen LogP contribution in [0.4, 0.5) is 0 Å². The average Bonchev–Trinajstić information content (AvgIpc) is 2.86. The Labute approximate surface area is 197 Å². The second-order valence-electron chi connectivity index (χ2n) is 8.17. The van der Waals surface area contributed by atoms with Crippen LogP contribution in [0.5, 0.6) is 0 Å². The monoisotopic (exact) mass is 456 g/mol. The molecule has 7 heteroatoms. The van der Waals surface area contributed by atoms with E-state index in [4.69, 9.17) is 5.11 Å². The molecule has 2 atom stereocenters. The maximum atomic E-state index is 13.4. The van der Waals surface area contributed by atoms with Gasteiger partial charge in [0.1, 0.15) is 6.54 Å². The van der Waals surface area contributed by atoms with Gasteiger partial charge in [0.05, 0.1) is 6.04 Å². The highest BCUT2D eigenvalue weighted by molar-refractivity contribution is 6.19. The van der Waals surface area contributed by atoms with Crippen LogP contribution in [0.25, 0.3) is 11.1 Å². The van der Waals surface area contributed by atoms with Crippen molar-refractivity contribution in [3.05, 3.63) is 96.1 Å². The molecule has 0 spiro atoms. The highest BCUT2D eigenvalue weighted by Gasteiger charge is 2.45. The lowest BCUT2D eigenvalue weighted by Gasteiger charge is -2.38. The molecular formula is C27H24N2O5. The molecule has 4 rings (SSSR count).